The summed E-state index contributed by atoms with van der Waals surface area (Å²) in [5.41, 5.74) is 0.671. The molecule has 2 aliphatic rings. The maximum atomic E-state index is 13.0. The molecule has 0 spiro atoms. The summed E-state index contributed by atoms with van der Waals surface area (Å²) in [7, 11) is -3.48. The monoisotopic (exact) mass is 500 g/mol. The first-order valence-corrected chi connectivity index (χ1v) is 12.6. The number of amides is 1. The Labute approximate surface area is 181 Å². The van der Waals surface area contributed by atoms with Gasteiger partial charge < -0.3 is 15.2 Å². The molecule has 2 N–H and O–H groups in total. The van der Waals surface area contributed by atoms with Crippen molar-refractivity contribution in [3.05, 3.63) is 33.9 Å². The summed E-state index contributed by atoms with van der Waals surface area (Å²) in [6, 6.07) is 5.32. The van der Waals surface area contributed by atoms with Crippen molar-refractivity contribution >= 4 is 43.2 Å². The number of carboxylic acid groups (broad SMARTS) is 1. The normalized spacial score (nSPS) is 22.8. The van der Waals surface area contributed by atoms with Gasteiger partial charge in [-0.25, -0.2) is 18.2 Å². The van der Waals surface area contributed by atoms with Crippen LogP contribution in [-0.2, 0) is 14.6 Å². The van der Waals surface area contributed by atoms with E-state index in [1.165, 1.54) is 11.3 Å². The predicted molar refractivity (Wildman–Crippen MR) is 113 cm³/mol. The van der Waals surface area contributed by atoms with Gasteiger partial charge in [0.25, 0.3) is 0 Å². The molecule has 1 aliphatic heterocycles. The van der Waals surface area contributed by atoms with Crippen molar-refractivity contribution < 1.29 is 23.1 Å². The summed E-state index contributed by atoms with van der Waals surface area (Å²) in [4.78, 5) is 16.5. The minimum Gasteiger partial charge on any atom is -0.465 e. The fourth-order valence-corrected chi connectivity index (χ4v) is 7.16. The van der Waals surface area contributed by atoms with E-state index in [9.17, 15) is 13.2 Å². The third kappa shape index (κ3) is 4.35. The van der Waals surface area contributed by atoms with Crippen LogP contribution >= 0.6 is 27.3 Å². The lowest BCUT2D eigenvalue weighted by Gasteiger charge is -2.27. The predicted octanol–water partition coefficient (Wildman–Crippen LogP) is 4.04. The molecular weight excluding hydrogens is 480 g/mol. The Kier molecular flexibility index (Phi) is 5.97. The van der Waals surface area contributed by atoms with Gasteiger partial charge in [0, 0.05) is 28.2 Å². The number of aromatic nitrogens is 1. The smallest absolute Gasteiger partial charge is 0.404 e. The highest BCUT2D eigenvalue weighted by Gasteiger charge is 2.36. The van der Waals surface area contributed by atoms with Crippen LogP contribution < -0.4 is 5.32 Å². The fraction of sp³-hybridized carbons (Fsp3) is 0.474. The molecule has 1 aliphatic carbocycles. The van der Waals surface area contributed by atoms with Crippen LogP contribution in [0.4, 0.5) is 4.79 Å². The van der Waals surface area contributed by atoms with E-state index in [-0.39, 0.29) is 25.2 Å². The van der Waals surface area contributed by atoms with Crippen LogP contribution in [0.15, 0.2) is 33.8 Å². The zero-order valence-electron chi connectivity index (χ0n) is 15.5. The molecule has 1 aromatic heterocycles. The molecule has 29 heavy (non-hydrogen) atoms. The van der Waals surface area contributed by atoms with Crippen LogP contribution in [0.3, 0.4) is 0 Å². The second-order valence-electron chi connectivity index (χ2n) is 7.41. The Balaban J connectivity index is 1.57. The molecule has 0 bridgehead atoms. The number of sulfone groups is 1. The molecule has 4 rings (SSSR count). The molecule has 1 saturated heterocycles. The first-order chi connectivity index (χ1) is 13.8. The molecule has 1 aromatic carbocycles. The highest BCUT2D eigenvalue weighted by atomic mass is 79.9. The number of thiazole rings is 1. The van der Waals surface area contributed by atoms with E-state index in [0.717, 1.165) is 35.6 Å². The number of ether oxygens (including phenoxy) is 1. The zero-order chi connectivity index (χ0) is 20.6. The van der Waals surface area contributed by atoms with Crippen LogP contribution in [0.25, 0.3) is 10.4 Å². The summed E-state index contributed by atoms with van der Waals surface area (Å²) >= 11 is 4.91. The van der Waals surface area contributed by atoms with E-state index in [0.29, 0.717) is 14.9 Å². The molecular formula is C19H21BrN2O5S2. The van der Waals surface area contributed by atoms with E-state index in [1.54, 1.807) is 12.3 Å². The number of nitrogens with one attached hydrogen (secondary N) is 1. The van der Waals surface area contributed by atoms with Gasteiger partial charge in [-0.15, -0.1) is 11.3 Å². The maximum absolute atomic E-state index is 13.0. The molecule has 2 fully saturated rings. The lowest BCUT2D eigenvalue weighted by Crippen LogP contribution is -2.40. The van der Waals surface area contributed by atoms with Gasteiger partial charge in [-0.1, -0.05) is 22.0 Å². The Bertz CT molecular complexity index is 1010. The quantitative estimate of drug-likeness (QED) is 0.641. The summed E-state index contributed by atoms with van der Waals surface area (Å²) in [5.74, 6) is 0.274. The fourth-order valence-electron chi connectivity index (χ4n) is 3.77. The topological polar surface area (TPSA) is 106 Å². The molecule has 0 atom stereocenters. The van der Waals surface area contributed by atoms with Crippen molar-refractivity contribution in [3.63, 3.8) is 0 Å². The summed E-state index contributed by atoms with van der Waals surface area (Å²) in [5, 5.41) is 11.9. The van der Waals surface area contributed by atoms with E-state index in [2.05, 4.69) is 26.2 Å². The van der Waals surface area contributed by atoms with E-state index in [1.807, 2.05) is 12.1 Å². The van der Waals surface area contributed by atoms with Crippen molar-refractivity contribution in [1.82, 2.24) is 10.3 Å². The van der Waals surface area contributed by atoms with Gasteiger partial charge in [0.2, 0.25) is 0 Å². The van der Waals surface area contributed by atoms with Gasteiger partial charge in [0.05, 0.1) is 28.0 Å². The second-order valence-corrected chi connectivity index (χ2v) is 11.6. The van der Waals surface area contributed by atoms with Gasteiger partial charge in [-0.05, 0) is 37.8 Å². The van der Waals surface area contributed by atoms with Gasteiger partial charge >= 0.3 is 6.09 Å². The first-order valence-electron chi connectivity index (χ1n) is 9.41. The molecule has 7 nitrogen and oxygen atoms in total. The summed E-state index contributed by atoms with van der Waals surface area (Å²) in [6.07, 6.45) is 4.06. The second kappa shape index (κ2) is 8.33. The number of rotatable bonds is 5. The lowest BCUT2D eigenvalue weighted by atomic mass is 9.86. The number of hydrogen-bond donors (Lipinski definition) is 2. The molecule has 2 aromatic rings. The summed E-state index contributed by atoms with van der Waals surface area (Å²) < 4.78 is 31.9. The molecule has 0 unspecified atom stereocenters. The number of hydrogen-bond acceptors (Lipinski definition) is 6. The van der Waals surface area contributed by atoms with E-state index < -0.39 is 21.2 Å². The van der Waals surface area contributed by atoms with Crippen LogP contribution in [0, 0.1) is 0 Å². The Morgan fingerprint density at radius 2 is 1.97 bits per heavy atom. The van der Waals surface area contributed by atoms with Crippen molar-refractivity contribution in [1.29, 1.82) is 0 Å². The number of halogens is 1. The molecule has 156 valence electrons. The lowest BCUT2D eigenvalue weighted by molar-refractivity contribution is 0.0416. The largest absolute Gasteiger partial charge is 0.465 e. The number of carbonyl (C=O) groups is 1. The highest BCUT2D eigenvalue weighted by Crippen LogP contribution is 2.40. The first kappa shape index (κ1) is 20.8. The summed E-state index contributed by atoms with van der Waals surface area (Å²) in [6.45, 7) is 0.464. The molecule has 1 saturated carbocycles. The zero-order valence-corrected chi connectivity index (χ0v) is 18.7. The molecule has 0 radical (unpaired) electrons. The third-order valence-electron chi connectivity index (χ3n) is 5.49. The van der Waals surface area contributed by atoms with Crippen molar-refractivity contribution in [2.75, 3.05) is 13.2 Å². The van der Waals surface area contributed by atoms with E-state index in [4.69, 9.17) is 9.84 Å². The minimum atomic E-state index is -3.48. The Hall–Kier alpha value is -1.49. The van der Waals surface area contributed by atoms with Crippen LogP contribution in [0.2, 0.25) is 0 Å². The Morgan fingerprint density at radius 1 is 1.24 bits per heavy atom. The van der Waals surface area contributed by atoms with Crippen molar-refractivity contribution in [3.8, 4) is 10.4 Å². The van der Waals surface area contributed by atoms with Crippen LogP contribution in [-0.4, -0.2) is 49.1 Å². The molecule has 1 amide bonds. The SMILES string of the molecule is O=C(O)NC1CCC(c2ncc(-c3ccc(Br)cc3S(=O)(=O)C3COC3)s2)CC1. The van der Waals surface area contributed by atoms with Crippen LogP contribution in [0.1, 0.15) is 36.6 Å². The minimum absolute atomic E-state index is 0.00361. The maximum Gasteiger partial charge on any atom is 0.404 e. The number of nitrogens with zero attached hydrogens (tertiary/aromatic N) is 1. The average molecular weight is 501 g/mol. The molecule has 2 heterocycles. The van der Waals surface area contributed by atoms with Crippen LogP contribution in [0.5, 0.6) is 0 Å². The van der Waals surface area contributed by atoms with Crippen molar-refractivity contribution in [2.24, 2.45) is 0 Å². The number of benzene rings is 1. The third-order valence-corrected chi connectivity index (χ3v) is 9.28. The van der Waals surface area contributed by atoms with Gasteiger partial charge in [0.1, 0.15) is 5.25 Å². The van der Waals surface area contributed by atoms with Gasteiger partial charge in [-0.2, -0.15) is 0 Å². The van der Waals surface area contributed by atoms with Crippen molar-refractivity contribution in [2.45, 2.75) is 47.8 Å². The van der Waals surface area contributed by atoms with Gasteiger partial charge in [-0.3, -0.25) is 0 Å². The molecule has 10 heteroatoms. The average Bonchev–Trinajstić information content (AvgIpc) is 3.10. The van der Waals surface area contributed by atoms with Gasteiger partial charge in [0.15, 0.2) is 9.84 Å². The Morgan fingerprint density at radius 3 is 2.59 bits per heavy atom. The standard InChI is InChI=1S/C19H21BrN2O5S2/c20-12-3-6-15(17(7-12)29(25,26)14-9-27-10-14)16-8-21-18(28-16)11-1-4-13(5-2-11)22-19(23)24/h3,6-8,11,13-14,22H,1-2,4-5,9-10H2,(H,23,24). The highest BCUT2D eigenvalue weighted by molar-refractivity contribution is 9.10. The van der Waals surface area contributed by atoms with E-state index >= 15 is 0 Å².